The Morgan fingerprint density at radius 1 is 1.04 bits per heavy atom. The molecule has 0 saturated carbocycles. The maximum atomic E-state index is 12.4. The summed E-state index contributed by atoms with van der Waals surface area (Å²) in [5.74, 6) is 0.672. The van der Waals surface area contributed by atoms with E-state index in [1.165, 1.54) is 5.56 Å². The minimum atomic E-state index is -0.456. The van der Waals surface area contributed by atoms with Gasteiger partial charge in [-0.1, -0.05) is 12.1 Å². The summed E-state index contributed by atoms with van der Waals surface area (Å²) in [5, 5.41) is 6.34. The van der Waals surface area contributed by atoms with Crippen molar-refractivity contribution in [1.29, 1.82) is 0 Å². The van der Waals surface area contributed by atoms with Gasteiger partial charge in [-0.25, -0.2) is 4.79 Å². The highest BCUT2D eigenvalue weighted by Gasteiger charge is 2.27. The third kappa shape index (κ3) is 5.71. The van der Waals surface area contributed by atoms with Gasteiger partial charge in [0.2, 0.25) is 5.91 Å². The van der Waals surface area contributed by atoms with Crippen molar-refractivity contribution in [3.63, 3.8) is 0 Å². The van der Waals surface area contributed by atoms with Gasteiger partial charge in [0.1, 0.15) is 5.60 Å². The molecule has 1 aromatic carbocycles. The van der Waals surface area contributed by atoms with Gasteiger partial charge in [-0.3, -0.25) is 4.79 Å². The molecule has 2 fully saturated rings. The predicted molar refractivity (Wildman–Crippen MR) is 110 cm³/mol. The van der Waals surface area contributed by atoms with Crippen LogP contribution in [0.1, 0.15) is 57.9 Å². The molecule has 0 bridgehead atoms. The van der Waals surface area contributed by atoms with Gasteiger partial charge < -0.3 is 20.3 Å². The minimum absolute atomic E-state index is 0.109. The molecule has 0 spiro atoms. The molecule has 3 rings (SSSR count). The fourth-order valence-electron chi connectivity index (χ4n) is 3.89. The molecule has 2 heterocycles. The molecule has 2 N–H and O–H groups in total. The molecule has 6 nitrogen and oxygen atoms in total. The number of carbonyl (C=O) groups is 2. The van der Waals surface area contributed by atoms with Crippen LogP contribution < -0.4 is 10.6 Å². The lowest BCUT2D eigenvalue weighted by atomic mass is 9.89. The lowest BCUT2D eigenvalue weighted by Crippen LogP contribution is -2.41. The Kier molecular flexibility index (Phi) is 6.60. The molecule has 0 aromatic heterocycles. The van der Waals surface area contributed by atoms with Crippen molar-refractivity contribution < 1.29 is 14.3 Å². The summed E-state index contributed by atoms with van der Waals surface area (Å²) in [6.45, 7) is 8.94. The van der Waals surface area contributed by atoms with Gasteiger partial charge in [-0.2, -0.15) is 0 Å². The Hall–Kier alpha value is -2.08. The first-order chi connectivity index (χ1) is 13.3. The number of nitrogens with one attached hydrogen (secondary N) is 2. The molecule has 1 aromatic rings. The molecule has 2 aliphatic rings. The van der Waals surface area contributed by atoms with E-state index in [-0.39, 0.29) is 17.9 Å². The maximum absolute atomic E-state index is 12.4. The van der Waals surface area contributed by atoms with Crippen LogP contribution in [-0.2, 0) is 9.53 Å². The first kappa shape index (κ1) is 20.6. The van der Waals surface area contributed by atoms with E-state index in [0.29, 0.717) is 19.0 Å². The molecule has 2 amide bonds. The molecular formula is C22H33N3O3. The van der Waals surface area contributed by atoms with Gasteiger partial charge in [0.25, 0.3) is 0 Å². The number of benzene rings is 1. The number of likely N-dealkylation sites (tertiary alicyclic amines) is 1. The van der Waals surface area contributed by atoms with Crippen LogP contribution in [0.25, 0.3) is 0 Å². The van der Waals surface area contributed by atoms with Crippen molar-refractivity contribution in [2.24, 2.45) is 5.92 Å². The predicted octanol–water partition coefficient (Wildman–Crippen LogP) is 3.74. The number of hydrogen-bond donors (Lipinski definition) is 2. The quantitative estimate of drug-likeness (QED) is 0.829. The molecule has 0 atom stereocenters. The Labute approximate surface area is 168 Å². The van der Waals surface area contributed by atoms with Crippen LogP contribution in [0.15, 0.2) is 24.3 Å². The van der Waals surface area contributed by atoms with E-state index in [2.05, 4.69) is 22.8 Å². The fraction of sp³-hybridized carbons (Fsp3) is 0.636. The number of amides is 2. The molecule has 0 unspecified atom stereocenters. The van der Waals surface area contributed by atoms with Crippen LogP contribution in [-0.4, -0.2) is 48.7 Å². The van der Waals surface area contributed by atoms with Crippen LogP contribution in [0.2, 0.25) is 0 Å². The van der Waals surface area contributed by atoms with E-state index in [1.807, 2.05) is 32.9 Å². The Morgan fingerprint density at radius 3 is 2.21 bits per heavy atom. The molecule has 28 heavy (non-hydrogen) atoms. The maximum Gasteiger partial charge on any atom is 0.410 e. The normalized spacial score (nSPS) is 19.3. The van der Waals surface area contributed by atoms with E-state index in [0.717, 1.165) is 44.5 Å². The zero-order chi connectivity index (χ0) is 20.1. The smallest absolute Gasteiger partial charge is 0.410 e. The summed E-state index contributed by atoms with van der Waals surface area (Å²) < 4.78 is 5.46. The van der Waals surface area contributed by atoms with Gasteiger partial charge >= 0.3 is 6.09 Å². The highest BCUT2D eigenvalue weighted by Crippen LogP contribution is 2.29. The van der Waals surface area contributed by atoms with E-state index < -0.39 is 5.60 Å². The summed E-state index contributed by atoms with van der Waals surface area (Å²) in [4.78, 5) is 26.4. The Balaban J connectivity index is 1.49. The van der Waals surface area contributed by atoms with Crippen LogP contribution >= 0.6 is 0 Å². The third-order valence-electron chi connectivity index (χ3n) is 5.51. The van der Waals surface area contributed by atoms with E-state index in [9.17, 15) is 9.59 Å². The largest absolute Gasteiger partial charge is 0.444 e. The minimum Gasteiger partial charge on any atom is -0.444 e. The fourth-order valence-corrected chi connectivity index (χ4v) is 3.89. The number of hydrogen-bond acceptors (Lipinski definition) is 4. The molecule has 0 radical (unpaired) electrons. The van der Waals surface area contributed by atoms with Crippen LogP contribution in [0.3, 0.4) is 0 Å². The van der Waals surface area contributed by atoms with Crippen LogP contribution in [0.5, 0.6) is 0 Å². The number of piperidine rings is 2. The van der Waals surface area contributed by atoms with E-state index in [1.54, 1.807) is 4.90 Å². The lowest BCUT2D eigenvalue weighted by Gasteiger charge is -2.33. The summed E-state index contributed by atoms with van der Waals surface area (Å²) in [6, 6.07) is 8.20. The zero-order valence-electron chi connectivity index (χ0n) is 17.3. The number of rotatable bonds is 3. The van der Waals surface area contributed by atoms with Gasteiger partial charge in [-0.05, 0) is 83.2 Å². The first-order valence-corrected chi connectivity index (χ1v) is 10.4. The van der Waals surface area contributed by atoms with Crippen LogP contribution in [0, 0.1) is 5.92 Å². The van der Waals surface area contributed by atoms with Crippen molar-refractivity contribution >= 4 is 17.7 Å². The summed E-state index contributed by atoms with van der Waals surface area (Å²) in [5.41, 5.74) is 1.67. The average Bonchev–Trinajstić information content (AvgIpc) is 2.68. The second-order valence-electron chi connectivity index (χ2n) is 8.88. The molecule has 2 saturated heterocycles. The monoisotopic (exact) mass is 387 g/mol. The summed E-state index contributed by atoms with van der Waals surface area (Å²) in [6.07, 6.45) is 3.45. The second-order valence-corrected chi connectivity index (χ2v) is 8.88. The van der Waals surface area contributed by atoms with Crippen molar-refractivity contribution in [2.45, 2.75) is 58.0 Å². The van der Waals surface area contributed by atoms with E-state index in [4.69, 9.17) is 4.74 Å². The molecule has 0 aliphatic carbocycles. The number of nitrogens with zero attached hydrogens (tertiary/aromatic N) is 1. The van der Waals surface area contributed by atoms with Crippen molar-refractivity contribution in [2.75, 3.05) is 31.5 Å². The Bertz CT molecular complexity index is 667. The topological polar surface area (TPSA) is 70.7 Å². The molecule has 2 aliphatic heterocycles. The second kappa shape index (κ2) is 8.95. The van der Waals surface area contributed by atoms with Gasteiger partial charge in [0.05, 0.1) is 0 Å². The number of anilines is 1. The molecule has 154 valence electrons. The zero-order valence-corrected chi connectivity index (χ0v) is 17.3. The van der Waals surface area contributed by atoms with Crippen molar-refractivity contribution in [3.8, 4) is 0 Å². The van der Waals surface area contributed by atoms with Crippen molar-refractivity contribution in [1.82, 2.24) is 10.2 Å². The standard InChI is InChI=1S/C22H33N3O3/c1-22(2,3)28-21(27)25-14-10-17(11-15-25)16-4-6-19(7-5-16)24-20(26)18-8-12-23-13-9-18/h4-7,17-18,23H,8-15H2,1-3H3,(H,24,26). The molecular weight excluding hydrogens is 354 g/mol. The number of ether oxygens (including phenoxy) is 1. The summed E-state index contributed by atoms with van der Waals surface area (Å²) in [7, 11) is 0. The Morgan fingerprint density at radius 2 is 1.64 bits per heavy atom. The summed E-state index contributed by atoms with van der Waals surface area (Å²) >= 11 is 0. The van der Waals surface area contributed by atoms with Gasteiger partial charge in [0.15, 0.2) is 0 Å². The van der Waals surface area contributed by atoms with Crippen molar-refractivity contribution in [3.05, 3.63) is 29.8 Å². The lowest BCUT2D eigenvalue weighted by molar-refractivity contribution is -0.120. The molecule has 6 heteroatoms. The highest BCUT2D eigenvalue weighted by atomic mass is 16.6. The van der Waals surface area contributed by atoms with Gasteiger partial charge in [-0.15, -0.1) is 0 Å². The SMILES string of the molecule is CC(C)(C)OC(=O)N1CCC(c2ccc(NC(=O)C3CCNCC3)cc2)CC1. The number of carbonyl (C=O) groups excluding carboxylic acids is 2. The third-order valence-corrected chi connectivity index (χ3v) is 5.51. The average molecular weight is 388 g/mol. The van der Waals surface area contributed by atoms with E-state index >= 15 is 0 Å². The highest BCUT2D eigenvalue weighted by molar-refractivity contribution is 5.92. The first-order valence-electron chi connectivity index (χ1n) is 10.4. The van der Waals surface area contributed by atoms with Gasteiger partial charge in [0, 0.05) is 24.7 Å². The van der Waals surface area contributed by atoms with Crippen LogP contribution in [0.4, 0.5) is 10.5 Å².